The number of nitrogens with zero attached hydrogens (tertiary/aromatic N) is 1. The van der Waals surface area contributed by atoms with Crippen molar-refractivity contribution in [2.24, 2.45) is 0 Å². The fraction of sp³-hybridized carbons (Fsp3) is 0.562. The molecule has 20 heavy (non-hydrogen) atoms. The van der Waals surface area contributed by atoms with Gasteiger partial charge in [-0.25, -0.2) is 4.79 Å². The fourth-order valence-corrected chi connectivity index (χ4v) is 2.80. The van der Waals surface area contributed by atoms with Gasteiger partial charge in [0.1, 0.15) is 0 Å². The molecule has 3 atom stereocenters. The maximum atomic E-state index is 11.5. The van der Waals surface area contributed by atoms with Crippen LogP contribution in [0.4, 0.5) is 0 Å². The molecule has 1 aromatic rings. The Hall–Kier alpha value is -1.39. The quantitative estimate of drug-likeness (QED) is 0.860. The zero-order valence-electron chi connectivity index (χ0n) is 12.7. The number of benzene rings is 1. The van der Waals surface area contributed by atoms with Gasteiger partial charge in [0.05, 0.1) is 12.7 Å². The number of carbonyl (C=O) groups excluding carboxylic acids is 1. The van der Waals surface area contributed by atoms with Crippen molar-refractivity contribution in [3.8, 4) is 0 Å². The van der Waals surface area contributed by atoms with E-state index < -0.39 is 0 Å². The molecule has 1 unspecified atom stereocenters. The molecule has 1 aliphatic rings. The van der Waals surface area contributed by atoms with Gasteiger partial charge >= 0.3 is 5.97 Å². The monoisotopic (exact) mass is 276 g/mol. The molecule has 0 saturated carbocycles. The zero-order chi connectivity index (χ0) is 14.7. The van der Waals surface area contributed by atoms with Crippen molar-refractivity contribution >= 4 is 5.97 Å². The number of rotatable bonds is 3. The summed E-state index contributed by atoms with van der Waals surface area (Å²) in [6.07, 6.45) is 0. The van der Waals surface area contributed by atoms with Gasteiger partial charge < -0.3 is 10.1 Å². The second-order valence-corrected chi connectivity index (χ2v) is 5.64. The zero-order valence-corrected chi connectivity index (χ0v) is 12.7. The van der Waals surface area contributed by atoms with E-state index in [9.17, 15) is 4.79 Å². The lowest BCUT2D eigenvalue weighted by molar-refractivity contribution is 0.0600. The summed E-state index contributed by atoms with van der Waals surface area (Å²) in [4.78, 5) is 14.0. The van der Waals surface area contributed by atoms with E-state index in [1.807, 2.05) is 24.3 Å². The molecule has 4 nitrogen and oxygen atoms in total. The molecule has 1 fully saturated rings. The first-order chi connectivity index (χ1) is 9.52. The molecule has 2 rings (SSSR count). The number of hydrogen-bond donors (Lipinski definition) is 1. The minimum atomic E-state index is -0.284. The van der Waals surface area contributed by atoms with Crippen molar-refractivity contribution in [3.63, 3.8) is 0 Å². The summed E-state index contributed by atoms with van der Waals surface area (Å²) in [7, 11) is 1.41. The van der Waals surface area contributed by atoms with Crippen molar-refractivity contribution in [3.05, 3.63) is 35.4 Å². The Morgan fingerprint density at radius 3 is 2.60 bits per heavy atom. The molecule has 0 bridgehead atoms. The Labute approximate surface area is 121 Å². The molecule has 0 radical (unpaired) electrons. The van der Waals surface area contributed by atoms with E-state index in [0.717, 1.165) is 13.1 Å². The molecule has 0 aliphatic carbocycles. The first-order valence-electron chi connectivity index (χ1n) is 7.20. The Balaban J connectivity index is 2.12. The van der Waals surface area contributed by atoms with Gasteiger partial charge in [-0.15, -0.1) is 0 Å². The van der Waals surface area contributed by atoms with E-state index in [1.165, 1.54) is 12.7 Å². The fourth-order valence-electron chi connectivity index (χ4n) is 2.80. The SMILES string of the molecule is COC(=O)c1ccc(C(C)N2C[C@H](C)NC[C@H]2C)cc1. The van der Waals surface area contributed by atoms with Gasteiger partial charge in [-0.2, -0.15) is 0 Å². The molecule has 1 saturated heterocycles. The first-order valence-corrected chi connectivity index (χ1v) is 7.20. The molecular formula is C16H24N2O2. The second kappa shape index (κ2) is 6.37. The molecule has 110 valence electrons. The van der Waals surface area contributed by atoms with Gasteiger partial charge in [0, 0.05) is 31.2 Å². The number of nitrogens with one attached hydrogen (secondary N) is 1. The number of hydrogen-bond acceptors (Lipinski definition) is 4. The predicted octanol–water partition coefficient (Wildman–Crippen LogP) is 2.22. The smallest absolute Gasteiger partial charge is 0.337 e. The number of esters is 1. The number of ether oxygens (including phenoxy) is 1. The van der Waals surface area contributed by atoms with Crippen LogP contribution in [0.2, 0.25) is 0 Å². The summed E-state index contributed by atoms with van der Waals surface area (Å²) >= 11 is 0. The largest absolute Gasteiger partial charge is 0.465 e. The van der Waals surface area contributed by atoms with Crippen LogP contribution in [-0.4, -0.2) is 43.2 Å². The van der Waals surface area contributed by atoms with Crippen molar-refractivity contribution < 1.29 is 9.53 Å². The van der Waals surface area contributed by atoms with Gasteiger partial charge in [0.2, 0.25) is 0 Å². The lowest BCUT2D eigenvalue weighted by atomic mass is 10.0. The molecule has 1 aromatic carbocycles. The van der Waals surface area contributed by atoms with Crippen LogP contribution < -0.4 is 5.32 Å². The molecule has 1 aliphatic heterocycles. The Bertz CT molecular complexity index is 458. The molecule has 1 N–H and O–H groups in total. The lowest BCUT2D eigenvalue weighted by Gasteiger charge is -2.41. The molecule has 0 amide bonds. The van der Waals surface area contributed by atoms with Crippen molar-refractivity contribution in [1.82, 2.24) is 10.2 Å². The maximum Gasteiger partial charge on any atom is 0.337 e. The van der Waals surface area contributed by atoms with Crippen LogP contribution in [0.15, 0.2) is 24.3 Å². The number of methoxy groups -OCH3 is 1. The van der Waals surface area contributed by atoms with E-state index in [2.05, 4.69) is 31.0 Å². The standard InChI is InChI=1S/C16H24N2O2/c1-11-10-18(12(2)9-17-11)13(3)14-5-7-15(8-6-14)16(19)20-4/h5-8,11-13,17H,9-10H2,1-4H3/t11-,12+,13?/m0/s1. The van der Waals surface area contributed by atoms with Gasteiger partial charge in [0.25, 0.3) is 0 Å². The third-order valence-corrected chi connectivity index (χ3v) is 4.12. The highest BCUT2D eigenvalue weighted by molar-refractivity contribution is 5.89. The highest BCUT2D eigenvalue weighted by Gasteiger charge is 2.27. The van der Waals surface area contributed by atoms with Crippen LogP contribution in [0.25, 0.3) is 0 Å². The predicted molar refractivity (Wildman–Crippen MR) is 79.8 cm³/mol. The van der Waals surface area contributed by atoms with Gasteiger partial charge in [-0.05, 0) is 38.5 Å². The lowest BCUT2D eigenvalue weighted by Crippen LogP contribution is -2.54. The van der Waals surface area contributed by atoms with E-state index in [1.54, 1.807) is 0 Å². The average molecular weight is 276 g/mol. The summed E-state index contributed by atoms with van der Waals surface area (Å²) in [5.74, 6) is -0.284. The maximum absolute atomic E-state index is 11.5. The van der Waals surface area contributed by atoms with E-state index in [4.69, 9.17) is 4.74 Å². The van der Waals surface area contributed by atoms with Crippen LogP contribution in [-0.2, 0) is 4.74 Å². The third kappa shape index (κ3) is 3.19. The van der Waals surface area contributed by atoms with Crippen molar-refractivity contribution in [2.75, 3.05) is 20.2 Å². The van der Waals surface area contributed by atoms with Gasteiger partial charge in [-0.3, -0.25) is 4.90 Å². The van der Waals surface area contributed by atoms with Gasteiger partial charge in [0.15, 0.2) is 0 Å². The number of piperazine rings is 1. The molecular weight excluding hydrogens is 252 g/mol. The van der Waals surface area contributed by atoms with Gasteiger partial charge in [-0.1, -0.05) is 12.1 Å². The Kier molecular flexibility index (Phi) is 4.78. The summed E-state index contributed by atoms with van der Waals surface area (Å²) in [5.41, 5.74) is 1.84. The second-order valence-electron chi connectivity index (χ2n) is 5.64. The minimum Gasteiger partial charge on any atom is -0.465 e. The van der Waals surface area contributed by atoms with E-state index in [0.29, 0.717) is 23.7 Å². The molecule has 0 aromatic heterocycles. The molecule has 0 spiro atoms. The van der Waals surface area contributed by atoms with Crippen molar-refractivity contribution in [1.29, 1.82) is 0 Å². The minimum absolute atomic E-state index is 0.284. The average Bonchev–Trinajstić information content (AvgIpc) is 2.48. The molecule has 4 heteroatoms. The highest BCUT2D eigenvalue weighted by atomic mass is 16.5. The Morgan fingerprint density at radius 1 is 1.35 bits per heavy atom. The normalized spacial score (nSPS) is 25.2. The van der Waals surface area contributed by atoms with Crippen LogP contribution in [0.1, 0.15) is 42.7 Å². The first kappa shape index (κ1) is 15.0. The van der Waals surface area contributed by atoms with Crippen LogP contribution in [0.3, 0.4) is 0 Å². The summed E-state index contributed by atoms with van der Waals surface area (Å²) in [5, 5.41) is 3.50. The third-order valence-electron chi connectivity index (χ3n) is 4.12. The van der Waals surface area contributed by atoms with E-state index in [-0.39, 0.29) is 5.97 Å². The van der Waals surface area contributed by atoms with Crippen LogP contribution in [0.5, 0.6) is 0 Å². The van der Waals surface area contributed by atoms with Crippen molar-refractivity contribution in [2.45, 2.75) is 38.9 Å². The topological polar surface area (TPSA) is 41.6 Å². The number of carbonyl (C=O) groups is 1. The summed E-state index contributed by atoms with van der Waals surface area (Å²) in [6.45, 7) is 8.75. The highest BCUT2D eigenvalue weighted by Crippen LogP contribution is 2.24. The van der Waals surface area contributed by atoms with Crippen LogP contribution in [0, 0.1) is 0 Å². The summed E-state index contributed by atoms with van der Waals surface area (Å²) < 4.78 is 4.73. The summed E-state index contributed by atoms with van der Waals surface area (Å²) in [6, 6.07) is 9.11. The van der Waals surface area contributed by atoms with E-state index >= 15 is 0 Å². The molecule has 1 heterocycles. The Morgan fingerprint density at radius 2 is 2.00 bits per heavy atom. The van der Waals surface area contributed by atoms with Crippen LogP contribution >= 0.6 is 0 Å².